The summed E-state index contributed by atoms with van der Waals surface area (Å²) in [6.07, 6.45) is 0. The van der Waals surface area contributed by atoms with Gasteiger partial charge in [-0.2, -0.15) is 0 Å². The average molecular weight is 514 g/mol. The van der Waals surface area contributed by atoms with Crippen LogP contribution in [0, 0.1) is 6.92 Å². The molecule has 0 aromatic heterocycles. The van der Waals surface area contributed by atoms with Crippen LogP contribution in [0.15, 0.2) is 83.8 Å². The number of amides is 2. The molecule has 0 aliphatic rings. The van der Waals surface area contributed by atoms with E-state index in [4.69, 9.17) is 11.6 Å². The highest BCUT2D eigenvalue weighted by molar-refractivity contribution is 7.92. The Morgan fingerprint density at radius 2 is 1.54 bits per heavy atom. The predicted octanol–water partition coefficient (Wildman–Crippen LogP) is 4.01. The highest BCUT2D eigenvalue weighted by atomic mass is 35.5. The molecule has 0 fully saturated rings. The SMILES string of the molecule is CNC(=O)[C@@H](C)N(Cc1ccc(Cl)cc1)C(=O)CN(c1ccccc1C)S(=O)(=O)c1ccccc1. The van der Waals surface area contributed by atoms with Crippen LogP contribution in [0.4, 0.5) is 5.69 Å². The van der Waals surface area contributed by atoms with Crippen LogP contribution >= 0.6 is 11.6 Å². The molecular formula is C26H28ClN3O4S. The first-order valence-corrected chi connectivity index (χ1v) is 12.9. The van der Waals surface area contributed by atoms with Gasteiger partial charge in [0.2, 0.25) is 11.8 Å². The minimum absolute atomic E-state index is 0.0691. The summed E-state index contributed by atoms with van der Waals surface area (Å²) in [5.41, 5.74) is 1.85. The van der Waals surface area contributed by atoms with Gasteiger partial charge in [0.25, 0.3) is 10.0 Å². The molecule has 0 aliphatic heterocycles. The van der Waals surface area contributed by atoms with Gasteiger partial charge in [0.05, 0.1) is 10.6 Å². The van der Waals surface area contributed by atoms with Crippen LogP contribution in [0.2, 0.25) is 5.02 Å². The van der Waals surface area contributed by atoms with Gasteiger partial charge in [0.1, 0.15) is 12.6 Å². The van der Waals surface area contributed by atoms with E-state index < -0.39 is 28.5 Å². The van der Waals surface area contributed by atoms with E-state index in [1.54, 1.807) is 80.6 Å². The molecular weight excluding hydrogens is 486 g/mol. The maximum atomic E-state index is 13.7. The number of nitrogens with one attached hydrogen (secondary N) is 1. The molecule has 2 amide bonds. The van der Waals surface area contributed by atoms with Crippen molar-refractivity contribution >= 4 is 39.1 Å². The van der Waals surface area contributed by atoms with Crippen LogP contribution in [0.5, 0.6) is 0 Å². The number of anilines is 1. The lowest BCUT2D eigenvalue weighted by Gasteiger charge is -2.32. The number of carbonyl (C=O) groups is 2. The molecule has 3 aromatic carbocycles. The van der Waals surface area contributed by atoms with Gasteiger partial charge in [-0.3, -0.25) is 13.9 Å². The number of aryl methyl sites for hydroxylation is 1. The molecule has 9 heteroatoms. The van der Waals surface area contributed by atoms with Crippen molar-refractivity contribution < 1.29 is 18.0 Å². The smallest absolute Gasteiger partial charge is 0.264 e. The first-order chi connectivity index (χ1) is 16.6. The lowest BCUT2D eigenvalue weighted by Crippen LogP contribution is -2.50. The molecule has 0 bridgehead atoms. The summed E-state index contributed by atoms with van der Waals surface area (Å²) < 4.78 is 28.4. The van der Waals surface area contributed by atoms with E-state index in [-0.39, 0.29) is 17.3 Å². The Balaban J connectivity index is 2.03. The van der Waals surface area contributed by atoms with Gasteiger partial charge in [-0.25, -0.2) is 8.42 Å². The number of hydrogen-bond acceptors (Lipinski definition) is 4. The highest BCUT2D eigenvalue weighted by Gasteiger charge is 2.32. The predicted molar refractivity (Wildman–Crippen MR) is 138 cm³/mol. The molecule has 3 aromatic rings. The van der Waals surface area contributed by atoms with Gasteiger partial charge >= 0.3 is 0 Å². The first-order valence-electron chi connectivity index (χ1n) is 11.0. The normalized spacial score (nSPS) is 12.0. The number of benzene rings is 3. The van der Waals surface area contributed by atoms with Crippen LogP contribution < -0.4 is 9.62 Å². The number of sulfonamides is 1. The molecule has 184 valence electrons. The van der Waals surface area contributed by atoms with E-state index in [1.807, 2.05) is 0 Å². The Bertz CT molecular complexity index is 1280. The molecule has 0 saturated carbocycles. The van der Waals surface area contributed by atoms with Crippen molar-refractivity contribution in [2.45, 2.75) is 31.3 Å². The van der Waals surface area contributed by atoms with Gasteiger partial charge in [-0.1, -0.05) is 60.1 Å². The third-order valence-corrected chi connectivity index (χ3v) is 7.70. The Morgan fingerprint density at radius 3 is 2.14 bits per heavy atom. The molecule has 7 nitrogen and oxygen atoms in total. The van der Waals surface area contributed by atoms with Gasteiger partial charge in [-0.15, -0.1) is 0 Å². The van der Waals surface area contributed by atoms with Crippen molar-refractivity contribution in [3.05, 3.63) is 95.0 Å². The minimum atomic E-state index is -4.07. The van der Waals surface area contributed by atoms with Crippen molar-refractivity contribution in [2.24, 2.45) is 0 Å². The van der Waals surface area contributed by atoms with Crippen molar-refractivity contribution in [1.82, 2.24) is 10.2 Å². The van der Waals surface area contributed by atoms with Gasteiger partial charge in [0, 0.05) is 18.6 Å². The molecule has 0 unspecified atom stereocenters. The molecule has 0 saturated heterocycles. The fourth-order valence-electron chi connectivity index (χ4n) is 3.65. The Labute approximate surface area is 211 Å². The van der Waals surface area contributed by atoms with Crippen LogP contribution in [-0.4, -0.2) is 44.8 Å². The van der Waals surface area contributed by atoms with Crippen molar-refractivity contribution in [3.63, 3.8) is 0 Å². The van der Waals surface area contributed by atoms with Crippen molar-refractivity contribution in [2.75, 3.05) is 17.9 Å². The summed E-state index contributed by atoms with van der Waals surface area (Å²) in [7, 11) is -2.58. The Kier molecular flexibility index (Phi) is 8.53. The number of hydrogen-bond donors (Lipinski definition) is 1. The van der Waals surface area contributed by atoms with E-state index in [1.165, 1.54) is 24.1 Å². The van der Waals surface area contributed by atoms with Crippen molar-refractivity contribution in [1.29, 1.82) is 0 Å². The van der Waals surface area contributed by atoms with Crippen LogP contribution in [-0.2, 0) is 26.2 Å². The molecule has 0 spiro atoms. The number of nitrogens with zero attached hydrogens (tertiary/aromatic N) is 2. The van der Waals surface area contributed by atoms with Gasteiger partial charge in [0.15, 0.2) is 0 Å². The van der Waals surface area contributed by atoms with Gasteiger partial charge < -0.3 is 10.2 Å². The number of likely N-dealkylation sites (N-methyl/N-ethyl adjacent to an activating group) is 1. The molecule has 1 atom stereocenters. The second-order valence-electron chi connectivity index (χ2n) is 8.05. The standard InChI is InChI=1S/C26H28ClN3O4S/c1-19-9-7-8-12-24(19)30(35(33,34)23-10-5-4-6-11-23)18-25(31)29(20(2)26(32)28-3)17-21-13-15-22(27)16-14-21/h4-16,20H,17-18H2,1-3H3,(H,28,32)/t20-/m1/s1. The average Bonchev–Trinajstić information content (AvgIpc) is 2.86. The van der Waals surface area contributed by atoms with E-state index in [0.717, 1.165) is 9.87 Å². The number of carbonyl (C=O) groups excluding carboxylic acids is 2. The first kappa shape index (κ1) is 26.2. The monoisotopic (exact) mass is 513 g/mol. The largest absolute Gasteiger partial charge is 0.357 e. The molecule has 35 heavy (non-hydrogen) atoms. The zero-order chi connectivity index (χ0) is 25.6. The van der Waals surface area contributed by atoms with Crippen molar-refractivity contribution in [3.8, 4) is 0 Å². The maximum Gasteiger partial charge on any atom is 0.264 e. The molecule has 0 aliphatic carbocycles. The fourth-order valence-corrected chi connectivity index (χ4v) is 5.28. The molecule has 3 rings (SSSR count). The second-order valence-corrected chi connectivity index (χ2v) is 10.3. The van der Waals surface area contributed by atoms with Crippen LogP contribution in [0.1, 0.15) is 18.1 Å². The Hall–Kier alpha value is -3.36. The summed E-state index contributed by atoms with van der Waals surface area (Å²) >= 11 is 5.99. The maximum absolute atomic E-state index is 13.7. The highest BCUT2D eigenvalue weighted by Crippen LogP contribution is 2.27. The molecule has 1 N–H and O–H groups in total. The summed E-state index contributed by atoms with van der Waals surface area (Å²) in [6.45, 7) is 3.02. The van der Waals surface area contributed by atoms with E-state index in [9.17, 15) is 18.0 Å². The number of halogens is 1. The number of rotatable bonds is 9. The van der Waals surface area contributed by atoms with Crippen LogP contribution in [0.25, 0.3) is 0 Å². The lowest BCUT2D eigenvalue weighted by molar-refractivity contribution is -0.139. The summed E-state index contributed by atoms with van der Waals surface area (Å²) in [4.78, 5) is 27.6. The topological polar surface area (TPSA) is 86.8 Å². The third kappa shape index (κ3) is 6.21. The van der Waals surface area contributed by atoms with E-state index >= 15 is 0 Å². The summed E-state index contributed by atoms with van der Waals surface area (Å²) in [6, 6.07) is 21.0. The summed E-state index contributed by atoms with van der Waals surface area (Å²) in [5.74, 6) is -0.875. The Morgan fingerprint density at radius 1 is 0.943 bits per heavy atom. The number of para-hydroxylation sites is 1. The zero-order valence-electron chi connectivity index (χ0n) is 19.8. The summed E-state index contributed by atoms with van der Waals surface area (Å²) in [5, 5.41) is 3.11. The lowest BCUT2D eigenvalue weighted by atomic mass is 10.1. The van der Waals surface area contributed by atoms with E-state index in [0.29, 0.717) is 16.3 Å². The quantitative estimate of drug-likeness (QED) is 0.468. The third-order valence-electron chi connectivity index (χ3n) is 5.67. The zero-order valence-corrected chi connectivity index (χ0v) is 21.4. The fraction of sp³-hybridized carbons (Fsp3) is 0.231. The van der Waals surface area contributed by atoms with Gasteiger partial charge in [-0.05, 0) is 55.3 Å². The van der Waals surface area contributed by atoms with Crippen LogP contribution in [0.3, 0.4) is 0 Å². The molecule has 0 heterocycles. The van der Waals surface area contributed by atoms with E-state index in [2.05, 4.69) is 5.32 Å². The second kappa shape index (κ2) is 11.4. The molecule has 0 radical (unpaired) electrons. The minimum Gasteiger partial charge on any atom is -0.357 e.